The summed E-state index contributed by atoms with van der Waals surface area (Å²) in [6.07, 6.45) is 6.06. The van der Waals surface area contributed by atoms with Gasteiger partial charge in [0, 0.05) is 36.6 Å². The second-order valence-electron chi connectivity index (χ2n) is 9.52. The Morgan fingerprint density at radius 3 is 2.62 bits per heavy atom. The molecule has 1 aliphatic carbocycles. The lowest BCUT2D eigenvalue weighted by Crippen LogP contribution is -2.34. The van der Waals surface area contributed by atoms with Crippen LogP contribution in [0.3, 0.4) is 0 Å². The average molecular weight is 502 g/mol. The Bertz CT molecular complexity index is 1260. The lowest BCUT2D eigenvalue weighted by molar-refractivity contribution is -0.144. The number of hydrogen-bond acceptors (Lipinski definition) is 5. The van der Waals surface area contributed by atoms with Crippen molar-refractivity contribution in [1.82, 2.24) is 15.4 Å². The lowest BCUT2D eigenvalue weighted by Gasteiger charge is -2.24. The quantitative estimate of drug-likeness (QED) is 0.0990. The Hall–Kier alpha value is -3.60. The van der Waals surface area contributed by atoms with E-state index in [1.54, 1.807) is 5.48 Å². The molecule has 0 saturated carbocycles. The number of aromatic nitrogens is 1. The number of benzene rings is 2. The molecule has 2 unspecified atom stereocenters. The van der Waals surface area contributed by atoms with Crippen molar-refractivity contribution in [1.29, 1.82) is 0 Å². The van der Waals surface area contributed by atoms with E-state index < -0.39 is 11.8 Å². The number of rotatable bonds is 14. The second kappa shape index (κ2) is 13.1. The van der Waals surface area contributed by atoms with Gasteiger partial charge in [0.05, 0.1) is 12.5 Å². The highest BCUT2D eigenvalue weighted by molar-refractivity contribution is 5.84. The SMILES string of the molecule is CCCCOC(=O)CCCN(CCc1c[nH]c2ccccc12)Cc1ccc(C2C#CC2C(=O)NO)cc1. The Balaban J connectivity index is 1.37. The maximum atomic E-state index is 12.1. The first-order chi connectivity index (χ1) is 18.1. The summed E-state index contributed by atoms with van der Waals surface area (Å²) < 4.78 is 5.32. The molecule has 0 radical (unpaired) electrons. The van der Waals surface area contributed by atoms with Gasteiger partial charge in [0.1, 0.15) is 5.92 Å². The number of ether oxygens (including phenoxy) is 1. The number of carbonyl (C=O) groups is 2. The van der Waals surface area contributed by atoms with Gasteiger partial charge < -0.3 is 9.72 Å². The highest BCUT2D eigenvalue weighted by Gasteiger charge is 2.32. The van der Waals surface area contributed by atoms with E-state index in [9.17, 15) is 9.59 Å². The summed E-state index contributed by atoms with van der Waals surface area (Å²) in [5.41, 5.74) is 6.25. The van der Waals surface area contributed by atoms with Crippen molar-refractivity contribution in [2.75, 3.05) is 19.7 Å². The molecule has 1 heterocycles. The van der Waals surface area contributed by atoms with Crippen molar-refractivity contribution in [2.45, 2.75) is 51.5 Å². The minimum Gasteiger partial charge on any atom is -0.466 e. The first-order valence-electron chi connectivity index (χ1n) is 13.1. The molecule has 7 heteroatoms. The molecule has 194 valence electrons. The number of amides is 1. The van der Waals surface area contributed by atoms with E-state index in [1.165, 1.54) is 10.9 Å². The van der Waals surface area contributed by atoms with Crippen LogP contribution in [-0.4, -0.2) is 46.7 Å². The van der Waals surface area contributed by atoms with Gasteiger partial charge in [-0.25, -0.2) is 5.48 Å². The van der Waals surface area contributed by atoms with Gasteiger partial charge in [-0.3, -0.25) is 19.7 Å². The van der Waals surface area contributed by atoms with Gasteiger partial charge >= 0.3 is 5.97 Å². The van der Waals surface area contributed by atoms with Crippen LogP contribution in [0, 0.1) is 17.8 Å². The van der Waals surface area contributed by atoms with E-state index >= 15 is 0 Å². The summed E-state index contributed by atoms with van der Waals surface area (Å²) in [6, 6.07) is 16.5. The fourth-order valence-corrected chi connectivity index (χ4v) is 4.64. The summed E-state index contributed by atoms with van der Waals surface area (Å²) in [7, 11) is 0. The van der Waals surface area contributed by atoms with Crippen LogP contribution in [0.4, 0.5) is 0 Å². The van der Waals surface area contributed by atoms with Gasteiger partial charge in [0.15, 0.2) is 0 Å². The maximum Gasteiger partial charge on any atom is 0.305 e. The first-order valence-corrected chi connectivity index (χ1v) is 13.1. The Morgan fingerprint density at radius 2 is 1.89 bits per heavy atom. The first kappa shape index (κ1) is 26.5. The summed E-state index contributed by atoms with van der Waals surface area (Å²) in [6.45, 7) is 4.99. The molecule has 0 fully saturated rings. The molecule has 3 N–H and O–H groups in total. The molecule has 37 heavy (non-hydrogen) atoms. The molecular formula is C30H35N3O4. The van der Waals surface area contributed by atoms with Crippen molar-refractivity contribution in [3.63, 3.8) is 0 Å². The van der Waals surface area contributed by atoms with E-state index in [1.807, 2.05) is 18.2 Å². The smallest absolute Gasteiger partial charge is 0.305 e. The zero-order valence-corrected chi connectivity index (χ0v) is 21.3. The van der Waals surface area contributed by atoms with E-state index in [-0.39, 0.29) is 11.9 Å². The largest absolute Gasteiger partial charge is 0.466 e. The molecule has 0 saturated heterocycles. The van der Waals surface area contributed by atoms with Gasteiger partial charge in [0.2, 0.25) is 0 Å². The van der Waals surface area contributed by atoms with Gasteiger partial charge in [-0.1, -0.05) is 67.6 Å². The van der Waals surface area contributed by atoms with Crippen molar-refractivity contribution in [3.8, 4) is 11.8 Å². The van der Waals surface area contributed by atoms with Gasteiger partial charge in [-0.2, -0.15) is 0 Å². The number of fused-ring (bicyclic) bond motifs is 1. The molecule has 0 aliphatic heterocycles. The molecule has 7 nitrogen and oxygen atoms in total. The molecule has 2 aromatic carbocycles. The number of unbranched alkanes of at least 4 members (excludes halogenated alkanes) is 1. The molecular weight excluding hydrogens is 466 g/mol. The average Bonchev–Trinajstić information content (AvgIpc) is 3.30. The topological polar surface area (TPSA) is 94.7 Å². The minimum atomic E-state index is -0.513. The zero-order chi connectivity index (χ0) is 26.0. The Morgan fingerprint density at radius 1 is 1.08 bits per heavy atom. The second-order valence-corrected chi connectivity index (χ2v) is 9.52. The molecule has 0 spiro atoms. The monoisotopic (exact) mass is 501 g/mol. The van der Waals surface area contributed by atoms with Crippen molar-refractivity contribution < 1.29 is 19.5 Å². The van der Waals surface area contributed by atoms with Crippen LogP contribution in [0.1, 0.15) is 55.2 Å². The van der Waals surface area contributed by atoms with E-state index in [0.717, 1.165) is 62.0 Å². The third kappa shape index (κ3) is 7.00. The van der Waals surface area contributed by atoms with Crippen molar-refractivity contribution in [2.24, 2.45) is 5.92 Å². The number of hydroxylamine groups is 1. The predicted molar refractivity (Wildman–Crippen MR) is 143 cm³/mol. The fourth-order valence-electron chi connectivity index (χ4n) is 4.64. The van der Waals surface area contributed by atoms with Crippen LogP contribution in [-0.2, 0) is 27.3 Å². The van der Waals surface area contributed by atoms with Gasteiger partial charge in [-0.05, 0) is 48.6 Å². The lowest BCUT2D eigenvalue weighted by atomic mass is 9.79. The van der Waals surface area contributed by atoms with Crippen LogP contribution in [0.5, 0.6) is 0 Å². The van der Waals surface area contributed by atoms with E-state index in [2.05, 4.69) is 65.2 Å². The normalized spacial score (nSPS) is 16.2. The van der Waals surface area contributed by atoms with E-state index in [0.29, 0.717) is 13.0 Å². The number of hydrogen-bond donors (Lipinski definition) is 3. The molecule has 4 rings (SSSR count). The summed E-state index contributed by atoms with van der Waals surface area (Å²) >= 11 is 0. The summed E-state index contributed by atoms with van der Waals surface area (Å²) in [4.78, 5) is 29.6. The number of nitrogens with zero attached hydrogens (tertiary/aromatic N) is 1. The number of para-hydroxylation sites is 1. The third-order valence-corrected chi connectivity index (χ3v) is 6.85. The summed E-state index contributed by atoms with van der Waals surface area (Å²) in [5.74, 6) is 4.52. The van der Waals surface area contributed by atoms with Crippen LogP contribution in [0.2, 0.25) is 0 Å². The van der Waals surface area contributed by atoms with Crippen LogP contribution in [0.15, 0.2) is 54.7 Å². The van der Waals surface area contributed by atoms with Crippen molar-refractivity contribution in [3.05, 3.63) is 71.4 Å². The number of aromatic amines is 1. The van der Waals surface area contributed by atoms with Crippen LogP contribution >= 0.6 is 0 Å². The highest BCUT2D eigenvalue weighted by Crippen LogP contribution is 2.30. The van der Waals surface area contributed by atoms with Gasteiger partial charge in [-0.15, -0.1) is 0 Å². The molecule has 2 atom stereocenters. The highest BCUT2D eigenvalue weighted by atomic mass is 16.5. The molecule has 1 aromatic heterocycles. The standard InChI is InChI=1S/C30H35N3O4/c1-2-3-19-37-29(34)9-6-17-33(18-16-24-20-31-28-8-5-4-7-26(24)28)21-22-10-12-23(13-11-22)25-14-15-27(25)30(35)32-36/h4-5,7-8,10-13,20,25,27,31,36H,2-3,6,9,16-19,21H2,1H3,(H,32,35). The Labute approximate surface area is 218 Å². The summed E-state index contributed by atoms with van der Waals surface area (Å²) in [5, 5.41) is 10.2. The third-order valence-electron chi connectivity index (χ3n) is 6.85. The van der Waals surface area contributed by atoms with Gasteiger partial charge in [0.25, 0.3) is 5.91 Å². The molecule has 3 aromatic rings. The van der Waals surface area contributed by atoms with Crippen LogP contribution < -0.4 is 5.48 Å². The number of esters is 1. The maximum absolute atomic E-state index is 12.1. The molecule has 0 bridgehead atoms. The zero-order valence-electron chi connectivity index (χ0n) is 21.3. The fraction of sp³-hybridized carbons (Fsp3) is 0.400. The van der Waals surface area contributed by atoms with Crippen LogP contribution in [0.25, 0.3) is 10.9 Å². The Kier molecular flexibility index (Phi) is 9.36. The van der Waals surface area contributed by atoms with E-state index in [4.69, 9.17) is 9.94 Å². The predicted octanol–water partition coefficient (Wildman–Crippen LogP) is 4.56. The number of H-pyrrole nitrogens is 1. The molecule has 1 aliphatic rings. The number of nitrogens with one attached hydrogen (secondary N) is 2. The van der Waals surface area contributed by atoms with Crippen molar-refractivity contribution >= 4 is 22.8 Å². The number of carbonyl (C=O) groups excluding carboxylic acids is 2. The minimum absolute atomic E-state index is 0.127. The molecule has 1 amide bonds.